The summed E-state index contributed by atoms with van der Waals surface area (Å²) >= 11 is 0. The Balaban J connectivity index is 0.000000980. The summed E-state index contributed by atoms with van der Waals surface area (Å²) in [6, 6.07) is 0.893. The topological polar surface area (TPSA) is 15.3 Å². The van der Waals surface area contributed by atoms with E-state index >= 15 is 0 Å². The number of nitrogens with zero attached hydrogens (tertiary/aromatic N) is 1. The SMILES string of the molecule is C[C@@H]1CCCN(C2CCNCC2)C1.Cl.Cl. The van der Waals surface area contributed by atoms with Gasteiger partial charge in [0.15, 0.2) is 0 Å². The maximum atomic E-state index is 3.44. The van der Waals surface area contributed by atoms with Crippen LogP contribution in [0.25, 0.3) is 0 Å². The third-order valence-electron chi connectivity index (χ3n) is 3.51. The fourth-order valence-electron chi connectivity index (χ4n) is 2.73. The standard InChI is InChI=1S/C11H22N2.2ClH/c1-10-3-2-8-13(9-10)11-4-6-12-7-5-11;;/h10-12H,2-9H2,1H3;2*1H/t10-;;/m1../s1. The van der Waals surface area contributed by atoms with Crippen LogP contribution >= 0.6 is 24.8 Å². The average molecular weight is 255 g/mol. The lowest BCUT2D eigenvalue weighted by atomic mass is 9.96. The van der Waals surface area contributed by atoms with Crippen LogP contribution in [0.15, 0.2) is 0 Å². The van der Waals surface area contributed by atoms with Crippen molar-refractivity contribution in [1.29, 1.82) is 0 Å². The highest BCUT2D eigenvalue weighted by atomic mass is 35.5. The zero-order valence-electron chi connectivity index (χ0n) is 9.58. The second-order valence-corrected chi connectivity index (χ2v) is 4.72. The second kappa shape index (κ2) is 7.72. The molecule has 0 aromatic rings. The Labute approximate surface area is 106 Å². The van der Waals surface area contributed by atoms with Crippen molar-refractivity contribution in [2.75, 3.05) is 26.2 Å². The van der Waals surface area contributed by atoms with Gasteiger partial charge in [-0.1, -0.05) is 6.92 Å². The second-order valence-electron chi connectivity index (χ2n) is 4.72. The Bertz CT molecular complexity index is 161. The summed E-state index contributed by atoms with van der Waals surface area (Å²) in [5.74, 6) is 0.934. The minimum Gasteiger partial charge on any atom is -0.317 e. The molecule has 2 aliphatic heterocycles. The molecular formula is C11H24Cl2N2. The van der Waals surface area contributed by atoms with Gasteiger partial charge in [-0.15, -0.1) is 24.8 Å². The quantitative estimate of drug-likeness (QED) is 0.773. The number of hydrogen-bond donors (Lipinski definition) is 1. The molecule has 0 saturated carbocycles. The maximum absolute atomic E-state index is 3.44. The Kier molecular flexibility index (Phi) is 7.98. The van der Waals surface area contributed by atoms with Crippen LogP contribution < -0.4 is 5.32 Å². The van der Waals surface area contributed by atoms with Gasteiger partial charge in [-0.25, -0.2) is 0 Å². The Morgan fingerprint density at radius 2 is 1.73 bits per heavy atom. The van der Waals surface area contributed by atoms with Crippen molar-refractivity contribution in [2.24, 2.45) is 5.92 Å². The fourth-order valence-corrected chi connectivity index (χ4v) is 2.73. The van der Waals surface area contributed by atoms with Gasteiger partial charge >= 0.3 is 0 Å². The Morgan fingerprint density at radius 1 is 1.07 bits per heavy atom. The lowest BCUT2D eigenvalue weighted by Crippen LogP contribution is -2.47. The zero-order chi connectivity index (χ0) is 9.10. The molecule has 15 heavy (non-hydrogen) atoms. The molecule has 92 valence electrons. The van der Waals surface area contributed by atoms with Gasteiger partial charge < -0.3 is 10.2 Å². The number of halogens is 2. The predicted molar refractivity (Wildman–Crippen MR) is 70.4 cm³/mol. The van der Waals surface area contributed by atoms with E-state index in [1.165, 1.54) is 51.9 Å². The van der Waals surface area contributed by atoms with Crippen LogP contribution in [0.1, 0.15) is 32.6 Å². The van der Waals surface area contributed by atoms with Crippen LogP contribution in [0.3, 0.4) is 0 Å². The first-order valence-electron chi connectivity index (χ1n) is 5.81. The molecule has 0 amide bonds. The monoisotopic (exact) mass is 254 g/mol. The van der Waals surface area contributed by atoms with Crippen molar-refractivity contribution in [1.82, 2.24) is 10.2 Å². The first-order valence-corrected chi connectivity index (χ1v) is 5.81. The summed E-state index contributed by atoms with van der Waals surface area (Å²) in [5, 5.41) is 3.44. The van der Waals surface area contributed by atoms with Crippen molar-refractivity contribution >= 4 is 24.8 Å². The van der Waals surface area contributed by atoms with E-state index in [1.807, 2.05) is 0 Å². The molecule has 1 N–H and O–H groups in total. The fraction of sp³-hybridized carbons (Fsp3) is 1.00. The van der Waals surface area contributed by atoms with Gasteiger partial charge in [-0.05, 0) is 51.2 Å². The molecule has 2 nitrogen and oxygen atoms in total. The van der Waals surface area contributed by atoms with E-state index in [2.05, 4.69) is 17.1 Å². The molecule has 0 unspecified atom stereocenters. The van der Waals surface area contributed by atoms with Crippen LogP contribution in [-0.2, 0) is 0 Å². The molecule has 0 aromatic heterocycles. The first-order chi connectivity index (χ1) is 6.36. The van der Waals surface area contributed by atoms with E-state index in [0.717, 1.165) is 12.0 Å². The largest absolute Gasteiger partial charge is 0.317 e. The molecular weight excluding hydrogens is 231 g/mol. The summed E-state index contributed by atoms with van der Waals surface area (Å²) in [6.07, 6.45) is 5.60. The van der Waals surface area contributed by atoms with E-state index < -0.39 is 0 Å². The molecule has 2 fully saturated rings. The predicted octanol–water partition coefficient (Wildman–Crippen LogP) is 2.31. The van der Waals surface area contributed by atoms with E-state index in [1.54, 1.807) is 0 Å². The average Bonchev–Trinajstić information content (AvgIpc) is 2.19. The molecule has 4 heteroatoms. The lowest BCUT2D eigenvalue weighted by Gasteiger charge is -2.39. The van der Waals surface area contributed by atoms with Crippen molar-refractivity contribution < 1.29 is 0 Å². The number of hydrogen-bond acceptors (Lipinski definition) is 2. The Morgan fingerprint density at radius 3 is 2.33 bits per heavy atom. The summed E-state index contributed by atoms with van der Waals surface area (Å²) in [6.45, 7) is 7.57. The van der Waals surface area contributed by atoms with Crippen LogP contribution in [0, 0.1) is 5.92 Å². The molecule has 2 rings (SSSR count). The van der Waals surface area contributed by atoms with E-state index in [-0.39, 0.29) is 24.8 Å². The third-order valence-corrected chi connectivity index (χ3v) is 3.51. The molecule has 0 aromatic carbocycles. The highest BCUT2D eigenvalue weighted by Crippen LogP contribution is 2.21. The molecule has 2 saturated heterocycles. The van der Waals surface area contributed by atoms with E-state index in [4.69, 9.17) is 0 Å². The number of likely N-dealkylation sites (tertiary alicyclic amines) is 1. The molecule has 0 bridgehead atoms. The van der Waals surface area contributed by atoms with Crippen molar-refractivity contribution in [3.8, 4) is 0 Å². The minimum absolute atomic E-state index is 0. The summed E-state index contributed by atoms with van der Waals surface area (Å²) in [4.78, 5) is 2.73. The Hall–Kier alpha value is 0.500. The van der Waals surface area contributed by atoms with E-state index in [9.17, 15) is 0 Å². The van der Waals surface area contributed by atoms with Gasteiger partial charge in [0.2, 0.25) is 0 Å². The van der Waals surface area contributed by atoms with Gasteiger partial charge in [0.1, 0.15) is 0 Å². The van der Waals surface area contributed by atoms with Crippen LogP contribution in [0.4, 0.5) is 0 Å². The lowest BCUT2D eigenvalue weighted by molar-refractivity contribution is 0.108. The molecule has 2 heterocycles. The van der Waals surface area contributed by atoms with Crippen LogP contribution in [0.5, 0.6) is 0 Å². The zero-order valence-corrected chi connectivity index (χ0v) is 11.2. The summed E-state index contributed by atoms with van der Waals surface area (Å²) < 4.78 is 0. The third kappa shape index (κ3) is 4.48. The summed E-state index contributed by atoms with van der Waals surface area (Å²) in [7, 11) is 0. The highest BCUT2D eigenvalue weighted by molar-refractivity contribution is 5.85. The minimum atomic E-state index is 0. The molecule has 0 radical (unpaired) electrons. The van der Waals surface area contributed by atoms with Crippen LogP contribution in [0.2, 0.25) is 0 Å². The van der Waals surface area contributed by atoms with Crippen LogP contribution in [-0.4, -0.2) is 37.1 Å². The van der Waals surface area contributed by atoms with Gasteiger partial charge in [0.25, 0.3) is 0 Å². The normalized spacial score (nSPS) is 29.0. The van der Waals surface area contributed by atoms with Crippen molar-refractivity contribution in [2.45, 2.75) is 38.6 Å². The molecule has 0 spiro atoms. The smallest absolute Gasteiger partial charge is 0.0119 e. The van der Waals surface area contributed by atoms with Gasteiger partial charge in [0, 0.05) is 12.6 Å². The summed E-state index contributed by atoms with van der Waals surface area (Å²) in [5.41, 5.74) is 0. The number of nitrogens with one attached hydrogen (secondary N) is 1. The van der Waals surface area contributed by atoms with Gasteiger partial charge in [-0.3, -0.25) is 0 Å². The molecule has 0 aliphatic carbocycles. The molecule has 1 atom stereocenters. The van der Waals surface area contributed by atoms with Crippen molar-refractivity contribution in [3.05, 3.63) is 0 Å². The van der Waals surface area contributed by atoms with E-state index in [0.29, 0.717) is 0 Å². The van der Waals surface area contributed by atoms with Crippen molar-refractivity contribution in [3.63, 3.8) is 0 Å². The number of piperidine rings is 2. The molecule has 2 aliphatic rings. The first kappa shape index (κ1) is 15.5. The number of rotatable bonds is 1. The maximum Gasteiger partial charge on any atom is 0.0119 e. The highest BCUT2D eigenvalue weighted by Gasteiger charge is 2.24. The van der Waals surface area contributed by atoms with Gasteiger partial charge in [-0.2, -0.15) is 0 Å². The van der Waals surface area contributed by atoms with Gasteiger partial charge in [0.05, 0.1) is 0 Å².